The molecule has 1 fully saturated rings. The Morgan fingerprint density at radius 1 is 0.977 bits per heavy atom. The smallest absolute Gasteiger partial charge is 0.352 e. The van der Waals surface area contributed by atoms with E-state index in [0.717, 1.165) is 37.8 Å². The summed E-state index contributed by atoms with van der Waals surface area (Å²) in [4.78, 5) is 28.2. The standard InChI is InChI=1S/C30H30Cl2F3N3O4S/c1-20(29(40)36-24-9-5-6-10-24)37(18-21-14-15-23(31)17-27(21)32)28(39)19-38(43(41,42)26-12-3-2-4-13-26)25-11-7-8-22(16-25)30(33,34)35/h2-4,7-8,11-17,20,24H,5-6,9-10,18-19H2,1H3,(H,36,40)/t20-/m0/s1. The Bertz CT molecular complexity index is 1570. The molecule has 3 aromatic carbocycles. The molecule has 230 valence electrons. The molecule has 1 aliphatic carbocycles. The molecule has 0 heterocycles. The molecule has 0 aromatic heterocycles. The van der Waals surface area contributed by atoms with E-state index in [0.29, 0.717) is 21.0 Å². The molecule has 7 nitrogen and oxygen atoms in total. The first-order valence-corrected chi connectivity index (χ1v) is 15.8. The second-order valence-electron chi connectivity index (χ2n) is 10.3. The number of sulfonamides is 1. The van der Waals surface area contributed by atoms with E-state index in [1.165, 1.54) is 48.2 Å². The molecule has 3 aromatic rings. The molecular formula is C30H30Cl2F3N3O4S. The van der Waals surface area contributed by atoms with E-state index in [9.17, 15) is 31.2 Å². The fourth-order valence-electron chi connectivity index (χ4n) is 4.89. The molecule has 1 saturated carbocycles. The number of carbonyl (C=O) groups excluding carboxylic acids is 2. The van der Waals surface area contributed by atoms with Gasteiger partial charge in [0.25, 0.3) is 10.0 Å². The van der Waals surface area contributed by atoms with Gasteiger partial charge in [0.15, 0.2) is 0 Å². The van der Waals surface area contributed by atoms with Crippen LogP contribution in [0.4, 0.5) is 18.9 Å². The number of anilines is 1. The fourth-order valence-corrected chi connectivity index (χ4v) is 6.79. The lowest BCUT2D eigenvalue weighted by Crippen LogP contribution is -2.52. The number of amides is 2. The van der Waals surface area contributed by atoms with Crippen LogP contribution in [0.5, 0.6) is 0 Å². The number of carbonyl (C=O) groups is 2. The van der Waals surface area contributed by atoms with Crippen molar-refractivity contribution >= 4 is 50.7 Å². The Hall–Kier alpha value is -3.28. The summed E-state index contributed by atoms with van der Waals surface area (Å²) in [6.07, 6.45) is -1.23. The lowest BCUT2D eigenvalue weighted by molar-refractivity contribution is -0.139. The van der Waals surface area contributed by atoms with E-state index in [2.05, 4.69) is 5.32 Å². The molecule has 0 aliphatic heterocycles. The number of alkyl halides is 3. The molecule has 13 heteroatoms. The Balaban J connectivity index is 1.74. The van der Waals surface area contributed by atoms with E-state index in [1.807, 2.05) is 0 Å². The van der Waals surface area contributed by atoms with Crippen LogP contribution in [0.2, 0.25) is 10.0 Å². The Labute approximate surface area is 258 Å². The summed E-state index contributed by atoms with van der Waals surface area (Å²) in [5.41, 5.74) is -1.00. The van der Waals surface area contributed by atoms with Gasteiger partial charge in [-0.25, -0.2) is 8.42 Å². The van der Waals surface area contributed by atoms with Crippen LogP contribution in [0.1, 0.15) is 43.7 Å². The monoisotopic (exact) mass is 655 g/mol. The van der Waals surface area contributed by atoms with E-state index in [4.69, 9.17) is 23.2 Å². The van der Waals surface area contributed by atoms with Crippen LogP contribution in [-0.2, 0) is 32.3 Å². The number of hydrogen-bond acceptors (Lipinski definition) is 4. The van der Waals surface area contributed by atoms with Crippen molar-refractivity contribution in [1.29, 1.82) is 0 Å². The first-order chi connectivity index (χ1) is 20.3. The van der Waals surface area contributed by atoms with Crippen molar-refractivity contribution in [3.05, 3.63) is 94.0 Å². The van der Waals surface area contributed by atoms with Gasteiger partial charge in [0.2, 0.25) is 11.8 Å². The summed E-state index contributed by atoms with van der Waals surface area (Å²) in [6, 6.07) is 14.3. The largest absolute Gasteiger partial charge is 0.416 e. The number of rotatable bonds is 10. The first-order valence-electron chi connectivity index (χ1n) is 13.6. The van der Waals surface area contributed by atoms with Crippen LogP contribution >= 0.6 is 23.2 Å². The van der Waals surface area contributed by atoms with Gasteiger partial charge in [-0.1, -0.05) is 66.4 Å². The molecule has 2 amide bonds. The molecule has 43 heavy (non-hydrogen) atoms. The normalized spacial score (nSPS) is 14.7. The van der Waals surface area contributed by atoms with Gasteiger partial charge in [0.1, 0.15) is 12.6 Å². The third-order valence-electron chi connectivity index (χ3n) is 7.30. The lowest BCUT2D eigenvalue weighted by Gasteiger charge is -2.32. The summed E-state index contributed by atoms with van der Waals surface area (Å²) >= 11 is 12.4. The predicted octanol–water partition coefficient (Wildman–Crippen LogP) is 6.68. The minimum Gasteiger partial charge on any atom is -0.352 e. The number of nitrogens with zero attached hydrogens (tertiary/aromatic N) is 2. The van der Waals surface area contributed by atoms with Gasteiger partial charge in [-0.2, -0.15) is 13.2 Å². The second-order valence-corrected chi connectivity index (χ2v) is 13.0. The Morgan fingerprint density at radius 3 is 2.28 bits per heavy atom. The van der Waals surface area contributed by atoms with Crippen molar-refractivity contribution < 1.29 is 31.2 Å². The maximum absolute atomic E-state index is 14.0. The van der Waals surface area contributed by atoms with Crippen LogP contribution in [0.15, 0.2) is 77.7 Å². The van der Waals surface area contributed by atoms with Crippen LogP contribution < -0.4 is 9.62 Å². The Kier molecular flexibility index (Phi) is 10.3. The quantitative estimate of drug-likeness (QED) is 0.264. The summed E-state index contributed by atoms with van der Waals surface area (Å²) in [5.74, 6) is -1.26. The van der Waals surface area contributed by atoms with Crippen molar-refractivity contribution in [2.24, 2.45) is 0 Å². The highest BCUT2D eigenvalue weighted by Gasteiger charge is 2.36. The van der Waals surface area contributed by atoms with E-state index in [-0.39, 0.29) is 28.2 Å². The maximum atomic E-state index is 14.0. The zero-order valence-corrected chi connectivity index (χ0v) is 25.5. The molecule has 1 aliphatic rings. The van der Waals surface area contributed by atoms with Crippen LogP contribution in [0, 0.1) is 0 Å². The average Bonchev–Trinajstić information content (AvgIpc) is 3.48. The fraction of sp³-hybridized carbons (Fsp3) is 0.333. The van der Waals surface area contributed by atoms with Gasteiger partial charge in [-0.05, 0) is 67.8 Å². The zero-order valence-electron chi connectivity index (χ0n) is 23.2. The minimum absolute atomic E-state index is 0.0499. The molecule has 1 N–H and O–H groups in total. The molecule has 0 saturated heterocycles. The van der Waals surface area contributed by atoms with Crippen molar-refractivity contribution in [3.8, 4) is 0 Å². The van der Waals surface area contributed by atoms with E-state index in [1.54, 1.807) is 18.2 Å². The molecule has 1 atom stereocenters. The zero-order chi connectivity index (χ0) is 31.4. The second kappa shape index (κ2) is 13.6. The summed E-state index contributed by atoms with van der Waals surface area (Å²) in [7, 11) is -4.52. The highest BCUT2D eigenvalue weighted by Crippen LogP contribution is 2.33. The number of halogens is 5. The van der Waals surface area contributed by atoms with Crippen LogP contribution in [-0.4, -0.2) is 43.8 Å². The van der Waals surface area contributed by atoms with Crippen molar-refractivity contribution in [2.75, 3.05) is 10.8 Å². The minimum atomic E-state index is -4.76. The molecule has 0 unspecified atom stereocenters. The third kappa shape index (κ3) is 8.01. The van der Waals surface area contributed by atoms with Gasteiger partial charge < -0.3 is 10.2 Å². The Morgan fingerprint density at radius 2 is 1.65 bits per heavy atom. The summed E-state index contributed by atoms with van der Waals surface area (Å²) in [6.45, 7) is 0.438. The SMILES string of the molecule is C[C@@H](C(=O)NC1CCCC1)N(Cc1ccc(Cl)cc1Cl)C(=O)CN(c1cccc(C(F)(F)F)c1)S(=O)(=O)c1ccccc1. The highest BCUT2D eigenvalue weighted by molar-refractivity contribution is 7.92. The molecule has 0 radical (unpaired) electrons. The van der Waals surface area contributed by atoms with E-state index >= 15 is 0 Å². The van der Waals surface area contributed by atoms with Crippen molar-refractivity contribution in [2.45, 2.75) is 62.3 Å². The average molecular weight is 657 g/mol. The van der Waals surface area contributed by atoms with Crippen molar-refractivity contribution in [3.63, 3.8) is 0 Å². The maximum Gasteiger partial charge on any atom is 0.416 e. The van der Waals surface area contributed by atoms with Gasteiger partial charge in [-0.15, -0.1) is 0 Å². The first kappa shape index (κ1) is 32.6. The summed E-state index contributed by atoms with van der Waals surface area (Å²) < 4.78 is 69.0. The van der Waals surface area contributed by atoms with Gasteiger partial charge >= 0.3 is 6.18 Å². The van der Waals surface area contributed by atoms with Crippen molar-refractivity contribution in [1.82, 2.24) is 10.2 Å². The van der Waals surface area contributed by atoms with Gasteiger partial charge in [0, 0.05) is 22.6 Å². The van der Waals surface area contributed by atoms with Gasteiger partial charge in [-0.3, -0.25) is 13.9 Å². The van der Waals surface area contributed by atoms with Crippen LogP contribution in [0.3, 0.4) is 0 Å². The van der Waals surface area contributed by atoms with Gasteiger partial charge in [0.05, 0.1) is 16.1 Å². The topological polar surface area (TPSA) is 86.8 Å². The third-order valence-corrected chi connectivity index (χ3v) is 9.67. The summed E-state index contributed by atoms with van der Waals surface area (Å²) in [5, 5.41) is 3.52. The number of hydrogen-bond donors (Lipinski definition) is 1. The number of benzene rings is 3. The highest BCUT2D eigenvalue weighted by atomic mass is 35.5. The van der Waals surface area contributed by atoms with Crippen LogP contribution in [0.25, 0.3) is 0 Å². The molecular weight excluding hydrogens is 626 g/mol. The molecule has 4 rings (SSSR count). The molecule has 0 spiro atoms. The van der Waals surface area contributed by atoms with E-state index < -0.39 is 46.2 Å². The predicted molar refractivity (Wildman–Crippen MR) is 159 cm³/mol. The number of nitrogens with one attached hydrogen (secondary N) is 1. The lowest BCUT2D eigenvalue weighted by atomic mass is 10.1. The molecule has 0 bridgehead atoms.